The van der Waals surface area contributed by atoms with Crippen LogP contribution in [0.15, 0.2) is 12.7 Å². The van der Waals surface area contributed by atoms with E-state index in [4.69, 9.17) is 4.74 Å². The summed E-state index contributed by atoms with van der Waals surface area (Å²) in [6, 6.07) is 0. The summed E-state index contributed by atoms with van der Waals surface area (Å²) < 4.78 is 5.28. The van der Waals surface area contributed by atoms with E-state index >= 15 is 0 Å². The molecule has 0 saturated heterocycles. The number of likely N-dealkylation sites (N-methyl/N-ethyl adjacent to an activating group) is 1. The highest BCUT2D eigenvalue weighted by Gasteiger charge is 2.20. The van der Waals surface area contributed by atoms with Crippen LogP contribution in [-0.2, 0) is 9.53 Å². The Morgan fingerprint density at radius 2 is 2.25 bits per heavy atom. The van der Waals surface area contributed by atoms with Crippen LogP contribution in [0.3, 0.4) is 0 Å². The summed E-state index contributed by atoms with van der Waals surface area (Å²) in [6.07, 6.45) is 1.27. The molecule has 0 aromatic heterocycles. The lowest BCUT2D eigenvalue weighted by Gasteiger charge is -2.18. The average molecular weight is 171 g/mol. The fourth-order valence-electron chi connectivity index (χ4n) is 0.885. The maximum atomic E-state index is 11.2. The van der Waals surface area contributed by atoms with Crippen LogP contribution in [0.5, 0.6) is 0 Å². The number of amides is 1. The molecule has 0 aromatic carbocycles. The maximum Gasteiger partial charge on any atom is 0.249 e. The van der Waals surface area contributed by atoms with Crippen LogP contribution < -0.4 is 5.32 Å². The standard InChI is InChI=1S/C9H17NO2/c1-5-6-12-8(7(2)3)9(11)10-4/h5,7-8H,1,6H2,2-4H3,(H,10,11). The molecule has 12 heavy (non-hydrogen) atoms. The van der Waals surface area contributed by atoms with Crippen LogP contribution in [0.2, 0.25) is 0 Å². The molecule has 3 nitrogen and oxygen atoms in total. The smallest absolute Gasteiger partial charge is 0.249 e. The molecule has 1 amide bonds. The molecule has 0 aromatic rings. The van der Waals surface area contributed by atoms with Gasteiger partial charge in [0.05, 0.1) is 6.61 Å². The first-order valence-corrected chi connectivity index (χ1v) is 4.07. The second-order valence-corrected chi connectivity index (χ2v) is 2.90. The zero-order valence-electron chi connectivity index (χ0n) is 7.96. The SMILES string of the molecule is C=CCOC(C(=O)NC)C(C)C. The van der Waals surface area contributed by atoms with Crippen molar-refractivity contribution >= 4 is 5.91 Å². The van der Waals surface area contributed by atoms with Gasteiger partial charge in [-0.25, -0.2) is 0 Å². The quantitative estimate of drug-likeness (QED) is 0.626. The van der Waals surface area contributed by atoms with Crippen LogP contribution in [0.4, 0.5) is 0 Å². The molecule has 0 bridgehead atoms. The number of carbonyl (C=O) groups excluding carboxylic acids is 1. The average Bonchev–Trinajstić information content (AvgIpc) is 2.04. The molecule has 0 saturated carbocycles. The van der Waals surface area contributed by atoms with Gasteiger partial charge in [-0.1, -0.05) is 19.9 Å². The summed E-state index contributed by atoms with van der Waals surface area (Å²) in [4.78, 5) is 11.2. The van der Waals surface area contributed by atoms with Crippen molar-refractivity contribution < 1.29 is 9.53 Å². The number of hydrogen-bond donors (Lipinski definition) is 1. The van der Waals surface area contributed by atoms with E-state index in [0.717, 1.165) is 0 Å². The first-order valence-electron chi connectivity index (χ1n) is 4.07. The second-order valence-electron chi connectivity index (χ2n) is 2.90. The van der Waals surface area contributed by atoms with Crippen molar-refractivity contribution in [3.63, 3.8) is 0 Å². The Morgan fingerprint density at radius 3 is 2.58 bits per heavy atom. The molecule has 0 heterocycles. The van der Waals surface area contributed by atoms with E-state index in [1.165, 1.54) is 0 Å². The van der Waals surface area contributed by atoms with Crippen LogP contribution in [0, 0.1) is 5.92 Å². The van der Waals surface area contributed by atoms with Crippen LogP contribution >= 0.6 is 0 Å². The van der Waals surface area contributed by atoms with Gasteiger partial charge in [0.2, 0.25) is 5.91 Å². The van der Waals surface area contributed by atoms with Gasteiger partial charge >= 0.3 is 0 Å². The lowest BCUT2D eigenvalue weighted by molar-refractivity contribution is -0.134. The summed E-state index contributed by atoms with van der Waals surface area (Å²) in [5.74, 6) is 0.108. The topological polar surface area (TPSA) is 38.3 Å². The third kappa shape index (κ3) is 3.53. The van der Waals surface area contributed by atoms with Gasteiger partial charge in [-0.15, -0.1) is 6.58 Å². The summed E-state index contributed by atoms with van der Waals surface area (Å²) in [6.45, 7) is 7.83. The fourth-order valence-corrected chi connectivity index (χ4v) is 0.885. The lowest BCUT2D eigenvalue weighted by Crippen LogP contribution is -2.37. The Kier molecular flexibility index (Phi) is 5.37. The van der Waals surface area contributed by atoms with Gasteiger partial charge in [0, 0.05) is 7.05 Å². The van der Waals surface area contributed by atoms with Crippen molar-refractivity contribution in [1.29, 1.82) is 0 Å². The van der Waals surface area contributed by atoms with E-state index < -0.39 is 0 Å². The first kappa shape index (κ1) is 11.2. The van der Waals surface area contributed by atoms with Crippen LogP contribution in [-0.4, -0.2) is 25.7 Å². The Labute approximate surface area is 73.8 Å². The highest BCUT2D eigenvalue weighted by Crippen LogP contribution is 2.06. The van der Waals surface area contributed by atoms with E-state index in [1.807, 2.05) is 13.8 Å². The molecule has 1 unspecified atom stereocenters. The molecule has 1 atom stereocenters. The highest BCUT2D eigenvalue weighted by molar-refractivity contribution is 5.80. The molecule has 0 aliphatic rings. The Morgan fingerprint density at radius 1 is 1.67 bits per heavy atom. The van der Waals surface area contributed by atoms with E-state index in [0.29, 0.717) is 6.61 Å². The van der Waals surface area contributed by atoms with E-state index in [9.17, 15) is 4.79 Å². The van der Waals surface area contributed by atoms with Gasteiger partial charge in [-0.05, 0) is 5.92 Å². The summed E-state index contributed by atoms with van der Waals surface area (Å²) >= 11 is 0. The summed E-state index contributed by atoms with van der Waals surface area (Å²) in [5, 5.41) is 2.56. The number of rotatable bonds is 5. The minimum absolute atomic E-state index is 0.0770. The number of ether oxygens (including phenoxy) is 1. The molecule has 3 heteroatoms. The third-order valence-corrected chi connectivity index (χ3v) is 1.50. The third-order valence-electron chi connectivity index (χ3n) is 1.50. The summed E-state index contributed by atoms with van der Waals surface area (Å²) in [5.41, 5.74) is 0. The van der Waals surface area contributed by atoms with Crippen molar-refractivity contribution in [2.45, 2.75) is 20.0 Å². The van der Waals surface area contributed by atoms with E-state index in [-0.39, 0.29) is 17.9 Å². The second kappa shape index (κ2) is 5.77. The predicted molar refractivity (Wildman–Crippen MR) is 48.8 cm³/mol. The Balaban J connectivity index is 4.03. The molecule has 0 radical (unpaired) electrons. The van der Waals surface area contributed by atoms with Crippen molar-refractivity contribution in [2.75, 3.05) is 13.7 Å². The molecule has 0 spiro atoms. The Hall–Kier alpha value is -0.830. The van der Waals surface area contributed by atoms with Crippen molar-refractivity contribution in [3.8, 4) is 0 Å². The van der Waals surface area contributed by atoms with Crippen LogP contribution in [0.25, 0.3) is 0 Å². The lowest BCUT2D eigenvalue weighted by atomic mass is 10.1. The van der Waals surface area contributed by atoms with Gasteiger partial charge in [-0.2, -0.15) is 0 Å². The maximum absolute atomic E-state index is 11.2. The zero-order chi connectivity index (χ0) is 9.56. The molecule has 0 rings (SSSR count). The molecule has 70 valence electrons. The van der Waals surface area contributed by atoms with Gasteiger partial charge in [0.1, 0.15) is 6.10 Å². The number of carbonyl (C=O) groups is 1. The molecular formula is C9H17NO2. The summed E-state index contributed by atoms with van der Waals surface area (Å²) in [7, 11) is 1.61. The Bertz CT molecular complexity index is 155. The van der Waals surface area contributed by atoms with Gasteiger partial charge in [0.15, 0.2) is 0 Å². The highest BCUT2D eigenvalue weighted by atomic mass is 16.5. The minimum atomic E-state index is -0.368. The number of hydrogen-bond acceptors (Lipinski definition) is 2. The normalized spacial score (nSPS) is 12.7. The fraction of sp³-hybridized carbons (Fsp3) is 0.667. The first-order chi connectivity index (χ1) is 5.63. The van der Waals surface area contributed by atoms with Gasteiger partial charge in [0.25, 0.3) is 0 Å². The van der Waals surface area contributed by atoms with Crippen molar-refractivity contribution in [1.82, 2.24) is 5.32 Å². The van der Waals surface area contributed by atoms with Gasteiger partial charge in [-0.3, -0.25) is 4.79 Å². The zero-order valence-corrected chi connectivity index (χ0v) is 7.96. The molecule has 1 N–H and O–H groups in total. The van der Waals surface area contributed by atoms with Crippen molar-refractivity contribution in [2.24, 2.45) is 5.92 Å². The molecule has 0 aliphatic carbocycles. The molecular weight excluding hydrogens is 154 g/mol. The monoisotopic (exact) mass is 171 g/mol. The molecule has 0 aliphatic heterocycles. The van der Waals surface area contributed by atoms with E-state index in [2.05, 4.69) is 11.9 Å². The van der Waals surface area contributed by atoms with E-state index in [1.54, 1.807) is 13.1 Å². The molecule has 0 fully saturated rings. The van der Waals surface area contributed by atoms with Crippen molar-refractivity contribution in [3.05, 3.63) is 12.7 Å². The number of nitrogens with one attached hydrogen (secondary N) is 1. The minimum Gasteiger partial charge on any atom is -0.364 e. The van der Waals surface area contributed by atoms with Crippen LogP contribution in [0.1, 0.15) is 13.8 Å². The van der Waals surface area contributed by atoms with Gasteiger partial charge < -0.3 is 10.1 Å². The predicted octanol–water partition coefficient (Wildman–Crippen LogP) is 0.960. The largest absolute Gasteiger partial charge is 0.364 e.